The van der Waals surface area contributed by atoms with Gasteiger partial charge in [0.15, 0.2) is 6.19 Å². The van der Waals surface area contributed by atoms with E-state index in [-0.39, 0.29) is 29.6 Å². The molecule has 1 aliphatic carbocycles. The maximum atomic E-state index is 14.1. The van der Waals surface area contributed by atoms with Crippen molar-refractivity contribution in [3.8, 4) is 17.5 Å². The normalized spacial score (nSPS) is 26.6. The molecule has 9 nitrogen and oxygen atoms in total. The number of benzene rings is 2. The van der Waals surface area contributed by atoms with Gasteiger partial charge in [0, 0.05) is 24.3 Å². The van der Waals surface area contributed by atoms with Crippen LogP contribution in [0.4, 0.5) is 5.69 Å². The fourth-order valence-corrected chi connectivity index (χ4v) is 7.87. The van der Waals surface area contributed by atoms with Gasteiger partial charge in [0.05, 0.1) is 30.7 Å². The molecule has 1 N–H and O–H groups in total. The quantitative estimate of drug-likeness (QED) is 0.333. The van der Waals surface area contributed by atoms with Gasteiger partial charge in [-0.15, -0.1) is 5.10 Å². The van der Waals surface area contributed by atoms with Crippen molar-refractivity contribution in [3.05, 3.63) is 64.8 Å². The number of rotatable bonds is 6. The van der Waals surface area contributed by atoms with E-state index in [9.17, 15) is 14.9 Å². The molecule has 3 heterocycles. The first-order valence-electron chi connectivity index (χ1n) is 14.9. The molecule has 3 aromatic rings. The van der Waals surface area contributed by atoms with Crippen molar-refractivity contribution < 1.29 is 14.3 Å². The summed E-state index contributed by atoms with van der Waals surface area (Å²) in [5.74, 6) is -0.231. The number of amides is 1. The average molecular weight is 567 g/mol. The van der Waals surface area contributed by atoms with E-state index in [1.165, 1.54) is 18.2 Å². The van der Waals surface area contributed by atoms with Gasteiger partial charge in [-0.25, -0.2) is 0 Å². The Kier molecular flexibility index (Phi) is 7.25. The molecule has 3 aliphatic rings. The molecule has 1 saturated carbocycles. The van der Waals surface area contributed by atoms with E-state index in [2.05, 4.69) is 54.7 Å². The number of ether oxygens (including phenoxy) is 1. The maximum absolute atomic E-state index is 14.1. The number of esters is 1. The van der Waals surface area contributed by atoms with Crippen molar-refractivity contribution >= 4 is 17.6 Å². The van der Waals surface area contributed by atoms with E-state index in [0.29, 0.717) is 25.9 Å². The van der Waals surface area contributed by atoms with E-state index >= 15 is 0 Å². The molecular formula is C33H38N6O3. The minimum absolute atomic E-state index is 0.0592. The van der Waals surface area contributed by atoms with E-state index in [1.807, 2.05) is 35.4 Å². The molecule has 0 radical (unpaired) electrons. The largest absolute Gasteiger partial charge is 0.469 e. The minimum atomic E-state index is -0.988. The molecule has 42 heavy (non-hydrogen) atoms. The number of nitriles is 1. The highest BCUT2D eigenvalue weighted by Crippen LogP contribution is 2.51. The summed E-state index contributed by atoms with van der Waals surface area (Å²) in [7, 11) is 1.45. The van der Waals surface area contributed by atoms with E-state index in [0.717, 1.165) is 47.3 Å². The molecule has 5 atom stereocenters. The van der Waals surface area contributed by atoms with Gasteiger partial charge in [-0.3, -0.25) is 14.3 Å². The Labute approximate surface area is 246 Å². The summed E-state index contributed by atoms with van der Waals surface area (Å²) in [6.45, 7) is 7.26. The van der Waals surface area contributed by atoms with E-state index in [1.54, 1.807) is 4.68 Å². The molecule has 0 unspecified atom stereocenters. The lowest BCUT2D eigenvalue weighted by molar-refractivity contribution is -0.152. The van der Waals surface area contributed by atoms with Crippen LogP contribution in [0, 0.1) is 50.0 Å². The SMILES string of the molecule is COC(=O)[C@H]1CCC[C@H]2CN(C#N)[C@H]([C@@]3(CCn4cc(-c5cc(C)c(C)cc5C)nn4)C(=O)Nc4ccccc43)C[C@@H]21. The summed E-state index contributed by atoms with van der Waals surface area (Å²) in [6, 6.07) is 11.7. The number of hydrogen-bond acceptors (Lipinski definition) is 7. The summed E-state index contributed by atoms with van der Waals surface area (Å²) < 4.78 is 7.01. The van der Waals surface area contributed by atoms with Crippen LogP contribution in [0.3, 0.4) is 0 Å². The molecule has 0 spiro atoms. The lowest BCUT2D eigenvalue weighted by Gasteiger charge is -2.51. The fraction of sp³-hybridized carbons (Fsp3) is 0.485. The van der Waals surface area contributed by atoms with Crippen LogP contribution in [-0.2, 0) is 26.3 Å². The second-order valence-corrected chi connectivity index (χ2v) is 12.3. The number of para-hydroxylation sites is 1. The Balaban J connectivity index is 1.36. The number of aryl methyl sites for hydroxylation is 4. The number of fused-ring (bicyclic) bond motifs is 2. The number of nitrogens with zero attached hydrogens (tertiary/aromatic N) is 5. The van der Waals surface area contributed by atoms with Crippen LogP contribution in [0.15, 0.2) is 42.6 Å². The van der Waals surface area contributed by atoms with E-state index < -0.39 is 11.5 Å². The van der Waals surface area contributed by atoms with Crippen LogP contribution < -0.4 is 5.32 Å². The van der Waals surface area contributed by atoms with E-state index in [4.69, 9.17) is 4.74 Å². The highest BCUT2D eigenvalue weighted by atomic mass is 16.5. The van der Waals surface area contributed by atoms with Crippen molar-refractivity contribution in [2.75, 3.05) is 19.0 Å². The molecular weight excluding hydrogens is 528 g/mol. The summed E-state index contributed by atoms with van der Waals surface area (Å²) >= 11 is 0. The van der Waals surface area contributed by atoms with Gasteiger partial charge in [-0.05, 0) is 92.7 Å². The number of carbonyl (C=O) groups is 2. The minimum Gasteiger partial charge on any atom is -0.469 e. The van der Waals surface area contributed by atoms with Crippen LogP contribution in [-0.4, -0.2) is 51.5 Å². The molecule has 2 fully saturated rings. The zero-order valence-electron chi connectivity index (χ0n) is 24.8. The van der Waals surface area contributed by atoms with Crippen molar-refractivity contribution in [1.29, 1.82) is 5.26 Å². The second-order valence-electron chi connectivity index (χ2n) is 12.3. The smallest absolute Gasteiger partial charge is 0.308 e. The second kappa shape index (κ2) is 10.9. The number of hydrogen-bond donors (Lipinski definition) is 1. The fourth-order valence-electron chi connectivity index (χ4n) is 7.87. The third-order valence-electron chi connectivity index (χ3n) is 10.2. The van der Waals surface area contributed by atoms with Crippen LogP contribution in [0.5, 0.6) is 0 Å². The molecule has 218 valence electrons. The molecule has 9 heteroatoms. The first-order chi connectivity index (χ1) is 20.3. The van der Waals surface area contributed by atoms with Crippen molar-refractivity contribution in [2.24, 2.45) is 17.8 Å². The topological polar surface area (TPSA) is 113 Å². The first kappa shape index (κ1) is 28.0. The number of piperidine rings is 1. The van der Waals surface area contributed by atoms with Gasteiger partial charge in [0.25, 0.3) is 0 Å². The van der Waals surface area contributed by atoms with Crippen LogP contribution in [0.1, 0.15) is 54.4 Å². The van der Waals surface area contributed by atoms with Gasteiger partial charge in [0.1, 0.15) is 5.69 Å². The molecule has 6 rings (SSSR count). The summed E-state index contributed by atoms with van der Waals surface area (Å²) in [5.41, 5.74) is 6.10. The number of methoxy groups -OCH3 is 1. The third-order valence-corrected chi connectivity index (χ3v) is 10.2. The highest BCUT2D eigenvalue weighted by molar-refractivity contribution is 6.07. The third kappa shape index (κ3) is 4.54. The number of likely N-dealkylation sites (tertiary alicyclic amines) is 1. The van der Waals surface area contributed by atoms with Crippen LogP contribution in [0.2, 0.25) is 0 Å². The van der Waals surface area contributed by atoms with Gasteiger partial charge in [-0.2, -0.15) is 5.26 Å². The number of carbonyl (C=O) groups excluding carboxylic acids is 2. The summed E-state index contributed by atoms with van der Waals surface area (Å²) in [5, 5.41) is 22.4. The average Bonchev–Trinajstić information content (AvgIpc) is 3.58. The Hall–Kier alpha value is -4.19. The predicted octanol–water partition coefficient (Wildman–Crippen LogP) is 4.91. The highest BCUT2D eigenvalue weighted by Gasteiger charge is 2.58. The molecule has 0 bridgehead atoms. The van der Waals surface area contributed by atoms with Crippen molar-refractivity contribution in [1.82, 2.24) is 19.9 Å². The molecule has 1 saturated heterocycles. The van der Waals surface area contributed by atoms with Gasteiger partial charge < -0.3 is 15.0 Å². The Bertz CT molecular complexity index is 1570. The Morgan fingerprint density at radius 2 is 1.95 bits per heavy atom. The lowest BCUT2D eigenvalue weighted by atomic mass is 9.61. The van der Waals surface area contributed by atoms with Gasteiger partial charge in [-0.1, -0.05) is 35.9 Å². The van der Waals surface area contributed by atoms with Crippen molar-refractivity contribution in [3.63, 3.8) is 0 Å². The predicted molar refractivity (Wildman–Crippen MR) is 158 cm³/mol. The lowest BCUT2D eigenvalue weighted by Crippen LogP contribution is -2.60. The zero-order chi connectivity index (χ0) is 29.6. The number of anilines is 1. The number of nitrogens with one attached hydrogen (secondary N) is 1. The molecule has 2 aliphatic heterocycles. The Morgan fingerprint density at radius 1 is 1.17 bits per heavy atom. The van der Waals surface area contributed by atoms with Crippen LogP contribution >= 0.6 is 0 Å². The molecule has 1 aromatic heterocycles. The monoisotopic (exact) mass is 566 g/mol. The van der Waals surface area contributed by atoms with Gasteiger partial charge in [0.2, 0.25) is 5.91 Å². The maximum Gasteiger partial charge on any atom is 0.308 e. The Morgan fingerprint density at radius 3 is 2.74 bits per heavy atom. The first-order valence-corrected chi connectivity index (χ1v) is 14.9. The van der Waals surface area contributed by atoms with Crippen LogP contribution in [0.25, 0.3) is 11.3 Å². The summed E-state index contributed by atoms with van der Waals surface area (Å²) in [6.07, 6.45) is 8.08. The molecule has 2 aromatic carbocycles. The van der Waals surface area contributed by atoms with Gasteiger partial charge >= 0.3 is 5.97 Å². The zero-order valence-corrected chi connectivity index (χ0v) is 24.8. The standard InChI is InChI=1S/C33H38N6O3/c1-20-14-22(3)25(15-21(20)2)29-18-39(37-36-29)13-12-33(27-10-5-6-11-28(27)35-32(33)41)30-16-26-23(17-38(30)19-34)8-7-9-24(26)31(40)42-4/h5-6,10-11,14-15,18,23-24,26,30H,7-9,12-13,16-17H2,1-4H3,(H,35,41)/t23-,24-,26-,30-,33-/m0/s1. The summed E-state index contributed by atoms with van der Waals surface area (Å²) in [4.78, 5) is 28.8. The number of aromatic nitrogens is 3. The van der Waals surface area contributed by atoms with Crippen molar-refractivity contribution in [2.45, 2.75) is 70.9 Å². The molecule has 1 amide bonds.